The topological polar surface area (TPSA) is 49.4 Å². The van der Waals surface area contributed by atoms with Gasteiger partial charge < -0.3 is 5.32 Å². The molecule has 0 aliphatic carbocycles. The SMILES string of the molecule is CCN(CC)S(=O)(=O)c1cccc(NC)c1. The van der Waals surface area contributed by atoms with E-state index in [-0.39, 0.29) is 0 Å². The minimum atomic E-state index is -3.34. The second kappa shape index (κ2) is 5.32. The molecule has 0 saturated carbocycles. The number of sulfonamides is 1. The molecule has 5 heteroatoms. The van der Waals surface area contributed by atoms with Crippen LogP contribution in [0.3, 0.4) is 0 Å². The first-order valence-corrected chi connectivity index (χ1v) is 6.78. The Morgan fingerprint density at radius 1 is 1.25 bits per heavy atom. The second-order valence-electron chi connectivity index (χ2n) is 3.37. The van der Waals surface area contributed by atoms with E-state index < -0.39 is 10.0 Å². The summed E-state index contributed by atoms with van der Waals surface area (Å²) in [7, 11) is -1.57. The third kappa shape index (κ3) is 2.54. The Morgan fingerprint density at radius 2 is 1.88 bits per heavy atom. The Labute approximate surface area is 97.3 Å². The van der Waals surface area contributed by atoms with Crippen LogP contribution in [0.15, 0.2) is 29.2 Å². The summed E-state index contributed by atoms with van der Waals surface area (Å²) in [6.45, 7) is 4.65. The maximum atomic E-state index is 12.2. The predicted molar refractivity (Wildman–Crippen MR) is 66.1 cm³/mol. The van der Waals surface area contributed by atoms with Gasteiger partial charge >= 0.3 is 0 Å². The number of nitrogens with one attached hydrogen (secondary N) is 1. The Kier molecular flexibility index (Phi) is 4.32. The van der Waals surface area contributed by atoms with Gasteiger partial charge in [0.1, 0.15) is 0 Å². The van der Waals surface area contributed by atoms with E-state index >= 15 is 0 Å². The summed E-state index contributed by atoms with van der Waals surface area (Å²) in [6.07, 6.45) is 0. The Hall–Kier alpha value is -1.07. The van der Waals surface area contributed by atoms with E-state index in [1.165, 1.54) is 4.31 Å². The van der Waals surface area contributed by atoms with E-state index in [9.17, 15) is 8.42 Å². The van der Waals surface area contributed by atoms with Crippen LogP contribution in [0.2, 0.25) is 0 Å². The molecule has 4 nitrogen and oxygen atoms in total. The lowest BCUT2D eigenvalue weighted by atomic mass is 10.3. The van der Waals surface area contributed by atoms with Gasteiger partial charge in [0, 0.05) is 25.8 Å². The quantitative estimate of drug-likeness (QED) is 0.856. The fourth-order valence-corrected chi connectivity index (χ4v) is 3.03. The van der Waals surface area contributed by atoms with Gasteiger partial charge in [-0.1, -0.05) is 19.9 Å². The molecule has 0 aromatic heterocycles. The molecule has 1 N–H and O–H groups in total. The highest BCUT2D eigenvalue weighted by Gasteiger charge is 2.21. The standard InChI is InChI=1S/C11H18N2O2S/c1-4-13(5-2)16(14,15)11-8-6-7-10(9-11)12-3/h6-9,12H,4-5H2,1-3H3. The summed E-state index contributed by atoms with van der Waals surface area (Å²) >= 11 is 0. The second-order valence-corrected chi connectivity index (χ2v) is 5.31. The van der Waals surface area contributed by atoms with Gasteiger partial charge in [0.2, 0.25) is 10.0 Å². The van der Waals surface area contributed by atoms with E-state index in [0.717, 1.165) is 5.69 Å². The monoisotopic (exact) mass is 242 g/mol. The highest BCUT2D eigenvalue weighted by atomic mass is 32.2. The molecule has 0 unspecified atom stereocenters. The Morgan fingerprint density at radius 3 is 2.38 bits per heavy atom. The molecular weight excluding hydrogens is 224 g/mol. The molecular formula is C11H18N2O2S. The predicted octanol–water partition coefficient (Wildman–Crippen LogP) is 1.76. The van der Waals surface area contributed by atoms with Crippen molar-refractivity contribution in [1.82, 2.24) is 4.31 Å². The van der Waals surface area contributed by atoms with E-state index in [1.807, 2.05) is 19.9 Å². The lowest BCUT2D eigenvalue weighted by Crippen LogP contribution is -2.30. The molecule has 0 saturated heterocycles. The summed E-state index contributed by atoms with van der Waals surface area (Å²) < 4.78 is 25.8. The van der Waals surface area contributed by atoms with Gasteiger partial charge in [0.15, 0.2) is 0 Å². The van der Waals surface area contributed by atoms with Crippen molar-refractivity contribution < 1.29 is 8.42 Å². The van der Waals surface area contributed by atoms with Crippen molar-refractivity contribution in [3.05, 3.63) is 24.3 Å². The Balaban J connectivity index is 3.16. The van der Waals surface area contributed by atoms with Crippen molar-refractivity contribution in [3.8, 4) is 0 Å². The first kappa shape index (κ1) is 13.0. The number of rotatable bonds is 5. The lowest BCUT2D eigenvalue weighted by molar-refractivity contribution is 0.445. The summed E-state index contributed by atoms with van der Waals surface area (Å²) in [6, 6.07) is 6.84. The third-order valence-corrected chi connectivity index (χ3v) is 4.51. The zero-order valence-electron chi connectivity index (χ0n) is 9.90. The van der Waals surface area contributed by atoms with Gasteiger partial charge in [0.05, 0.1) is 4.90 Å². The zero-order chi connectivity index (χ0) is 12.2. The molecule has 0 atom stereocenters. The van der Waals surface area contributed by atoms with Crippen LogP contribution in [0.5, 0.6) is 0 Å². The molecule has 1 rings (SSSR count). The number of hydrogen-bond donors (Lipinski definition) is 1. The highest BCUT2D eigenvalue weighted by Crippen LogP contribution is 2.18. The van der Waals surface area contributed by atoms with Gasteiger partial charge in [-0.05, 0) is 18.2 Å². The summed E-state index contributed by atoms with van der Waals surface area (Å²) in [4.78, 5) is 0.336. The molecule has 1 aromatic carbocycles. The molecule has 0 spiro atoms. The molecule has 0 heterocycles. The fourth-order valence-electron chi connectivity index (χ4n) is 1.52. The smallest absolute Gasteiger partial charge is 0.243 e. The van der Waals surface area contributed by atoms with Crippen LogP contribution >= 0.6 is 0 Å². The molecule has 0 amide bonds. The van der Waals surface area contributed by atoms with Crippen molar-refractivity contribution in [3.63, 3.8) is 0 Å². The number of benzene rings is 1. The minimum absolute atomic E-state index is 0.336. The maximum Gasteiger partial charge on any atom is 0.243 e. The van der Waals surface area contributed by atoms with E-state index in [1.54, 1.807) is 25.2 Å². The molecule has 90 valence electrons. The largest absolute Gasteiger partial charge is 0.388 e. The maximum absolute atomic E-state index is 12.2. The molecule has 1 aromatic rings. The first-order valence-electron chi connectivity index (χ1n) is 5.34. The van der Waals surface area contributed by atoms with Crippen molar-refractivity contribution in [2.75, 3.05) is 25.5 Å². The van der Waals surface area contributed by atoms with E-state index in [4.69, 9.17) is 0 Å². The molecule has 16 heavy (non-hydrogen) atoms. The van der Waals surface area contributed by atoms with Crippen LogP contribution in [-0.4, -0.2) is 32.9 Å². The zero-order valence-corrected chi connectivity index (χ0v) is 10.7. The van der Waals surface area contributed by atoms with Crippen LogP contribution in [-0.2, 0) is 10.0 Å². The molecule has 0 aliphatic rings. The number of nitrogens with zero attached hydrogens (tertiary/aromatic N) is 1. The van der Waals surface area contributed by atoms with Gasteiger partial charge in [-0.15, -0.1) is 0 Å². The summed E-state index contributed by atoms with van der Waals surface area (Å²) in [5.74, 6) is 0. The van der Waals surface area contributed by atoms with Crippen LogP contribution < -0.4 is 5.32 Å². The van der Waals surface area contributed by atoms with Crippen LogP contribution in [0.1, 0.15) is 13.8 Å². The van der Waals surface area contributed by atoms with E-state index in [0.29, 0.717) is 18.0 Å². The van der Waals surface area contributed by atoms with Crippen molar-refractivity contribution in [1.29, 1.82) is 0 Å². The van der Waals surface area contributed by atoms with E-state index in [2.05, 4.69) is 5.32 Å². The first-order chi connectivity index (χ1) is 7.56. The highest BCUT2D eigenvalue weighted by molar-refractivity contribution is 7.89. The normalized spacial score (nSPS) is 11.8. The van der Waals surface area contributed by atoms with Crippen molar-refractivity contribution in [2.45, 2.75) is 18.7 Å². The van der Waals surface area contributed by atoms with Crippen LogP contribution in [0.25, 0.3) is 0 Å². The summed E-state index contributed by atoms with van der Waals surface area (Å²) in [5.41, 5.74) is 0.799. The third-order valence-electron chi connectivity index (χ3n) is 2.47. The van der Waals surface area contributed by atoms with Gasteiger partial charge in [-0.25, -0.2) is 8.42 Å². The number of anilines is 1. The average molecular weight is 242 g/mol. The fraction of sp³-hybridized carbons (Fsp3) is 0.455. The summed E-state index contributed by atoms with van der Waals surface area (Å²) in [5, 5.41) is 2.93. The van der Waals surface area contributed by atoms with Crippen molar-refractivity contribution >= 4 is 15.7 Å². The van der Waals surface area contributed by atoms with Crippen molar-refractivity contribution in [2.24, 2.45) is 0 Å². The lowest BCUT2D eigenvalue weighted by Gasteiger charge is -2.18. The Bertz CT molecular complexity index is 439. The van der Waals surface area contributed by atoms with Crippen LogP contribution in [0.4, 0.5) is 5.69 Å². The minimum Gasteiger partial charge on any atom is -0.388 e. The van der Waals surface area contributed by atoms with Gasteiger partial charge in [0.25, 0.3) is 0 Å². The molecule has 0 aliphatic heterocycles. The van der Waals surface area contributed by atoms with Gasteiger partial charge in [-0.3, -0.25) is 0 Å². The van der Waals surface area contributed by atoms with Gasteiger partial charge in [-0.2, -0.15) is 4.31 Å². The molecule has 0 fully saturated rings. The molecule has 0 bridgehead atoms. The number of hydrogen-bond acceptors (Lipinski definition) is 3. The average Bonchev–Trinajstić information content (AvgIpc) is 2.30. The van der Waals surface area contributed by atoms with Crippen LogP contribution in [0, 0.1) is 0 Å². The molecule has 0 radical (unpaired) electrons.